The second-order valence-corrected chi connectivity index (χ2v) is 10.2. The summed E-state index contributed by atoms with van der Waals surface area (Å²) >= 11 is 1.12. The number of anilines is 1. The molecule has 160 valence electrons. The summed E-state index contributed by atoms with van der Waals surface area (Å²) in [4.78, 5) is 24.7. The zero-order valence-electron chi connectivity index (χ0n) is 16.4. The van der Waals surface area contributed by atoms with E-state index in [-0.39, 0.29) is 23.1 Å². The minimum Gasteiger partial charge on any atom is -0.331 e. The number of hydrogen-bond donors (Lipinski definition) is 3. The van der Waals surface area contributed by atoms with Crippen molar-refractivity contribution >= 4 is 39.1 Å². The Morgan fingerprint density at radius 1 is 1.20 bits per heavy atom. The second kappa shape index (κ2) is 9.15. The van der Waals surface area contributed by atoms with Gasteiger partial charge in [-0.05, 0) is 49.7 Å². The van der Waals surface area contributed by atoms with Gasteiger partial charge in [-0.3, -0.25) is 14.9 Å². The summed E-state index contributed by atoms with van der Waals surface area (Å²) in [6, 6.07) is 10.4. The molecule has 1 fully saturated rings. The van der Waals surface area contributed by atoms with E-state index in [2.05, 4.69) is 16.0 Å². The average molecular weight is 452 g/mol. The van der Waals surface area contributed by atoms with E-state index in [1.54, 1.807) is 19.1 Å². The third-order valence-electron chi connectivity index (χ3n) is 4.58. The van der Waals surface area contributed by atoms with Crippen molar-refractivity contribution in [3.63, 3.8) is 0 Å². The molecule has 0 spiro atoms. The molecule has 0 bridgehead atoms. The first kappa shape index (κ1) is 22.3. The van der Waals surface area contributed by atoms with Crippen molar-refractivity contribution in [2.24, 2.45) is 0 Å². The van der Waals surface area contributed by atoms with Gasteiger partial charge in [-0.15, -0.1) is 11.8 Å². The number of carbonyl (C=O) groups excluding carboxylic acids is 2. The number of rotatable bonds is 6. The Labute approximate surface area is 178 Å². The molecule has 30 heavy (non-hydrogen) atoms. The fraction of sp³-hybridized carbons (Fsp3) is 0.300. The Balaban J connectivity index is 1.56. The molecule has 2 unspecified atom stereocenters. The molecule has 2 aromatic carbocycles. The van der Waals surface area contributed by atoms with E-state index in [1.807, 2.05) is 6.92 Å². The number of sulfone groups is 1. The van der Waals surface area contributed by atoms with Gasteiger partial charge in [0.25, 0.3) is 0 Å². The highest BCUT2D eigenvalue weighted by Gasteiger charge is 2.39. The molecule has 3 N–H and O–H groups in total. The van der Waals surface area contributed by atoms with E-state index < -0.39 is 32.3 Å². The highest BCUT2D eigenvalue weighted by molar-refractivity contribution is 8.00. The van der Waals surface area contributed by atoms with E-state index in [4.69, 9.17) is 0 Å². The number of thioether (sulfide) groups is 1. The van der Waals surface area contributed by atoms with Crippen molar-refractivity contribution in [2.75, 3.05) is 17.6 Å². The normalized spacial score (nSPS) is 19.2. The highest BCUT2D eigenvalue weighted by Crippen LogP contribution is 2.23. The fourth-order valence-electron chi connectivity index (χ4n) is 3.09. The molecule has 7 nitrogen and oxygen atoms in total. The van der Waals surface area contributed by atoms with Gasteiger partial charge in [0.1, 0.15) is 11.3 Å². The summed E-state index contributed by atoms with van der Waals surface area (Å²) in [5.41, 5.74) is 1.40. The predicted octanol–water partition coefficient (Wildman–Crippen LogP) is 1.96. The largest absolute Gasteiger partial charge is 0.331 e. The smallest absolute Gasteiger partial charge is 0.241 e. The van der Waals surface area contributed by atoms with Crippen molar-refractivity contribution in [1.82, 2.24) is 10.6 Å². The molecule has 1 aliphatic heterocycles. The van der Waals surface area contributed by atoms with E-state index >= 15 is 0 Å². The summed E-state index contributed by atoms with van der Waals surface area (Å²) in [5.74, 6) is -1.32. The van der Waals surface area contributed by atoms with E-state index in [0.717, 1.165) is 17.3 Å². The first-order valence-corrected chi connectivity index (χ1v) is 11.8. The molecule has 0 aromatic heterocycles. The quantitative estimate of drug-likeness (QED) is 0.620. The third kappa shape index (κ3) is 5.18. The van der Waals surface area contributed by atoms with Gasteiger partial charge in [0, 0.05) is 12.2 Å². The van der Waals surface area contributed by atoms with Crippen molar-refractivity contribution < 1.29 is 22.4 Å². The van der Waals surface area contributed by atoms with Crippen LogP contribution in [0.25, 0.3) is 0 Å². The maximum atomic E-state index is 12.9. The Morgan fingerprint density at radius 2 is 1.90 bits per heavy atom. The third-order valence-corrected chi connectivity index (χ3v) is 7.82. The number of nitrogens with one attached hydrogen (secondary N) is 3. The topological polar surface area (TPSA) is 104 Å². The van der Waals surface area contributed by atoms with Crippen LogP contribution in [0.1, 0.15) is 11.1 Å². The fourth-order valence-corrected chi connectivity index (χ4v) is 5.63. The second-order valence-electron chi connectivity index (χ2n) is 6.97. The highest BCUT2D eigenvalue weighted by atomic mass is 32.2. The maximum absolute atomic E-state index is 12.9. The van der Waals surface area contributed by atoms with Crippen molar-refractivity contribution in [2.45, 2.75) is 29.5 Å². The van der Waals surface area contributed by atoms with Crippen LogP contribution in [0.4, 0.5) is 10.1 Å². The molecular weight excluding hydrogens is 429 g/mol. The molecular formula is C20H22FN3O4S2. The molecule has 1 aliphatic rings. The van der Waals surface area contributed by atoms with Crippen LogP contribution in [-0.4, -0.2) is 43.3 Å². The van der Waals surface area contributed by atoms with Crippen LogP contribution in [0.5, 0.6) is 0 Å². The molecule has 10 heteroatoms. The lowest BCUT2D eigenvalue weighted by molar-refractivity contribution is -0.122. The van der Waals surface area contributed by atoms with E-state index in [1.165, 1.54) is 30.3 Å². The van der Waals surface area contributed by atoms with Gasteiger partial charge in [-0.1, -0.05) is 17.7 Å². The number of carbonyl (C=O) groups is 2. The summed E-state index contributed by atoms with van der Waals surface area (Å²) < 4.78 is 38.8. The zero-order chi connectivity index (χ0) is 21.9. The molecule has 1 saturated heterocycles. The summed E-state index contributed by atoms with van der Waals surface area (Å²) in [7, 11) is -3.85. The SMILES string of the molecule is Cc1ccc(S(=O)(=O)C2CNC(SCC(=O)Nc3ccc(F)cc3)NC2=O)c(C)c1. The van der Waals surface area contributed by atoms with Crippen LogP contribution in [0.2, 0.25) is 0 Å². The Hall–Kier alpha value is -2.43. The van der Waals surface area contributed by atoms with Crippen LogP contribution >= 0.6 is 11.8 Å². The first-order chi connectivity index (χ1) is 14.2. The number of halogens is 1. The van der Waals surface area contributed by atoms with E-state index in [0.29, 0.717) is 11.3 Å². The standard InChI is InChI=1S/C20H22FN3O4S2/c1-12-3-8-16(13(2)9-12)30(27,28)17-10-22-20(24-19(17)26)29-11-18(25)23-15-6-4-14(21)5-7-15/h3-9,17,20,22H,10-11H2,1-2H3,(H,23,25)(H,24,26). The monoisotopic (exact) mass is 451 g/mol. The van der Waals surface area contributed by atoms with Crippen LogP contribution in [0, 0.1) is 19.7 Å². The Kier molecular flexibility index (Phi) is 6.79. The maximum Gasteiger partial charge on any atom is 0.241 e. The van der Waals surface area contributed by atoms with Gasteiger partial charge in [0.2, 0.25) is 11.8 Å². The molecule has 0 radical (unpaired) electrons. The van der Waals surface area contributed by atoms with Gasteiger partial charge in [0.15, 0.2) is 15.1 Å². The molecule has 1 heterocycles. The number of aryl methyl sites for hydroxylation is 2. The van der Waals surface area contributed by atoms with E-state index in [9.17, 15) is 22.4 Å². The van der Waals surface area contributed by atoms with Crippen LogP contribution in [0.3, 0.4) is 0 Å². The predicted molar refractivity (Wildman–Crippen MR) is 114 cm³/mol. The van der Waals surface area contributed by atoms with Gasteiger partial charge < -0.3 is 10.6 Å². The Bertz CT molecular complexity index is 1060. The molecule has 2 amide bonds. The Morgan fingerprint density at radius 3 is 2.53 bits per heavy atom. The lowest BCUT2D eigenvalue weighted by atomic mass is 10.2. The van der Waals surface area contributed by atoms with Crippen LogP contribution in [-0.2, 0) is 19.4 Å². The first-order valence-electron chi connectivity index (χ1n) is 9.19. The van der Waals surface area contributed by atoms with Gasteiger partial charge in [0.05, 0.1) is 10.6 Å². The molecule has 0 aliphatic carbocycles. The summed E-state index contributed by atoms with van der Waals surface area (Å²) in [6.07, 6.45) is 0. The minimum atomic E-state index is -3.85. The lowest BCUT2D eigenvalue weighted by Gasteiger charge is -2.30. The summed E-state index contributed by atoms with van der Waals surface area (Å²) in [6.45, 7) is 3.51. The summed E-state index contributed by atoms with van der Waals surface area (Å²) in [5, 5.41) is 6.94. The van der Waals surface area contributed by atoms with Crippen LogP contribution in [0.15, 0.2) is 47.4 Å². The van der Waals surface area contributed by atoms with Crippen molar-refractivity contribution in [3.05, 3.63) is 59.4 Å². The zero-order valence-corrected chi connectivity index (χ0v) is 18.1. The molecule has 3 rings (SSSR count). The van der Waals surface area contributed by atoms with Gasteiger partial charge >= 0.3 is 0 Å². The molecule has 2 atom stereocenters. The average Bonchev–Trinajstić information content (AvgIpc) is 2.67. The minimum absolute atomic E-state index is 0.0177. The van der Waals surface area contributed by atoms with Gasteiger partial charge in [-0.25, -0.2) is 12.8 Å². The number of amides is 2. The molecule has 0 saturated carbocycles. The van der Waals surface area contributed by atoms with Gasteiger partial charge in [-0.2, -0.15) is 0 Å². The lowest BCUT2D eigenvalue weighted by Crippen LogP contribution is -2.59. The van der Waals surface area contributed by atoms with Crippen molar-refractivity contribution in [3.8, 4) is 0 Å². The number of benzene rings is 2. The van der Waals surface area contributed by atoms with Crippen LogP contribution < -0.4 is 16.0 Å². The number of hydrogen-bond acceptors (Lipinski definition) is 6. The van der Waals surface area contributed by atoms with Crippen molar-refractivity contribution in [1.29, 1.82) is 0 Å². The molecule has 2 aromatic rings.